The van der Waals surface area contributed by atoms with Crippen LogP contribution in [0, 0.1) is 11.3 Å². The Morgan fingerprint density at radius 3 is 2.38 bits per heavy atom. The van der Waals surface area contributed by atoms with Gasteiger partial charge in [0.05, 0.1) is 47.9 Å². The highest BCUT2D eigenvalue weighted by molar-refractivity contribution is 7.89. The third kappa shape index (κ3) is 3.31. The van der Waals surface area contributed by atoms with Gasteiger partial charge in [-0.3, -0.25) is 14.5 Å². The number of fused-ring (bicyclic) bond motifs is 1. The van der Waals surface area contributed by atoms with E-state index in [1.165, 1.54) is 21.3 Å². The maximum absolute atomic E-state index is 12.9. The van der Waals surface area contributed by atoms with E-state index in [2.05, 4.69) is 0 Å². The summed E-state index contributed by atoms with van der Waals surface area (Å²) in [4.78, 5) is 27.0. The summed E-state index contributed by atoms with van der Waals surface area (Å²) in [5.74, 6) is -1.05. The Morgan fingerprint density at radius 2 is 1.66 bits per heavy atom. The molecule has 0 atom stereocenters. The minimum atomic E-state index is -3.76. The SMILES string of the molecule is N#Cc1ccccc1S(=O)(=O)N1CC[NH+](CN2C(=O)C(=O)c3ccccc32)CC1. The third-order valence-corrected chi connectivity index (χ3v) is 7.27. The molecule has 0 bridgehead atoms. The number of nitrogens with zero attached hydrogens (tertiary/aromatic N) is 3. The van der Waals surface area contributed by atoms with Gasteiger partial charge in [-0.25, -0.2) is 8.42 Å². The van der Waals surface area contributed by atoms with E-state index in [0.29, 0.717) is 31.0 Å². The fourth-order valence-corrected chi connectivity index (χ4v) is 5.34. The first kappa shape index (κ1) is 19.3. The zero-order chi connectivity index (χ0) is 20.6. The number of anilines is 1. The van der Waals surface area contributed by atoms with Crippen LogP contribution in [-0.2, 0) is 14.8 Å². The standard InChI is InChI=1S/C20H18N4O4S/c21-13-15-5-1-4-8-18(15)29(27,28)23-11-9-22(10-12-23)14-24-17-7-3-2-6-16(17)19(25)20(24)26/h1-8H,9-12,14H2/p+1. The Bertz CT molecular complexity index is 1130. The van der Waals surface area contributed by atoms with Gasteiger partial charge in [0, 0.05) is 0 Å². The maximum Gasteiger partial charge on any atom is 0.303 e. The largest absolute Gasteiger partial charge is 0.315 e. The molecule has 1 amide bonds. The number of nitriles is 1. The number of hydrogen-bond donors (Lipinski definition) is 1. The number of sulfonamides is 1. The van der Waals surface area contributed by atoms with Crippen LogP contribution in [0.4, 0.5) is 5.69 Å². The van der Waals surface area contributed by atoms with E-state index in [1.807, 2.05) is 6.07 Å². The van der Waals surface area contributed by atoms with Crippen molar-refractivity contribution in [3.8, 4) is 6.07 Å². The van der Waals surface area contributed by atoms with Gasteiger partial charge < -0.3 is 4.90 Å². The van der Waals surface area contributed by atoms with Crippen molar-refractivity contribution >= 4 is 27.4 Å². The number of piperazine rings is 1. The van der Waals surface area contributed by atoms with Gasteiger partial charge in [-0.2, -0.15) is 9.57 Å². The van der Waals surface area contributed by atoms with Crippen LogP contribution in [0.15, 0.2) is 53.4 Å². The summed E-state index contributed by atoms with van der Waals surface area (Å²) in [5, 5.41) is 9.21. The molecule has 1 saturated heterocycles. The summed E-state index contributed by atoms with van der Waals surface area (Å²) in [5.41, 5.74) is 1.14. The molecule has 0 aromatic heterocycles. The van der Waals surface area contributed by atoms with Crippen molar-refractivity contribution in [3.63, 3.8) is 0 Å². The molecule has 4 rings (SSSR count). The molecule has 2 aromatic carbocycles. The summed E-state index contributed by atoms with van der Waals surface area (Å²) >= 11 is 0. The van der Waals surface area contributed by atoms with Gasteiger partial charge >= 0.3 is 5.91 Å². The highest BCUT2D eigenvalue weighted by atomic mass is 32.2. The van der Waals surface area contributed by atoms with E-state index in [-0.39, 0.29) is 23.5 Å². The van der Waals surface area contributed by atoms with Crippen LogP contribution in [0.1, 0.15) is 15.9 Å². The Hall–Kier alpha value is -3.06. The lowest BCUT2D eigenvalue weighted by atomic mass is 10.1. The molecule has 8 nitrogen and oxygen atoms in total. The molecule has 29 heavy (non-hydrogen) atoms. The molecule has 2 heterocycles. The monoisotopic (exact) mass is 411 g/mol. The maximum atomic E-state index is 12.9. The highest BCUT2D eigenvalue weighted by Gasteiger charge is 2.39. The van der Waals surface area contributed by atoms with Crippen molar-refractivity contribution in [3.05, 3.63) is 59.7 Å². The summed E-state index contributed by atoms with van der Waals surface area (Å²) in [6.45, 7) is 1.84. The number of ketones is 1. The first-order valence-corrected chi connectivity index (χ1v) is 10.7. The molecule has 0 aliphatic carbocycles. The Balaban J connectivity index is 1.46. The lowest BCUT2D eigenvalue weighted by Crippen LogP contribution is -3.16. The van der Waals surface area contributed by atoms with Crippen molar-refractivity contribution in [2.75, 3.05) is 37.7 Å². The second kappa shape index (κ2) is 7.40. The predicted molar refractivity (Wildman–Crippen MR) is 104 cm³/mol. The summed E-state index contributed by atoms with van der Waals surface area (Å²) < 4.78 is 27.2. The van der Waals surface area contributed by atoms with E-state index in [4.69, 9.17) is 0 Å². The van der Waals surface area contributed by atoms with Gasteiger partial charge in [0.2, 0.25) is 10.0 Å². The molecule has 0 unspecified atom stereocenters. The predicted octanol–water partition coefficient (Wildman–Crippen LogP) is -0.366. The molecular formula is C20H19N4O4S+. The van der Waals surface area contributed by atoms with Crippen molar-refractivity contribution < 1.29 is 22.9 Å². The number of carbonyl (C=O) groups is 2. The third-order valence-electron chi connectivity index (χ3n) is 5.32. The fourth-order valence-electron chi connectivity index (χ4n) is 3.75. The van der Waals surface area contributed by atoms with Crippen LogP contribution in [0.3, 0.4) is 0 Å². The number of benzene rings is 2. The van der Waals surface area contributed by atoms with E-state index < -0.39 is 21.7 Å². The van der Waals surface area contributed by atoms with Crippen molar-refractivity contribution in [2.45, 2.75) is 4.90 Å². The van der Waals surface area contributed by atoms with E-state index in [9.17, 15) is 23.3 Å². The number of hydrogen-bond acceptors (Lipinski definition) is 5. The van der Waals surface area contributed by atoms with Gasteiger partial charge in [-0.15, -0.1) is 0 Å². The van der Waals surface area contributed by atoms with Gasteiger partial charge in [-0.05, 0) is 24.3 Å². The van der Waals surface area contributed by atoms with Crippen LogP contribution >= 0.6 is 0 Å². The van der Waals surface area contributed by atoms with Crippen LogP contribution in [0.5, 0.6) is 0 Å². The quantitative estimate of drug-likeness (QED) is 0.692. The Kier molecular flexibility index (Phi) is 4.92. The van der Waals surface area contributed by atoms with Crippen molar-refractivity contribution in [2.24, 2.45) is 0 Å². The first-order valence-electron chi connectivity index (χ1n) is 9.21. The van der Waals surface area contributed by atoms with E-state index in [0.717, 1.165) is 4.90 Å². The number of nitrogens with one attached hydrogen (secondary N) is 1. The van der Waals surface area contributed by atoms with Gasteiger partial charge in [0.15, 0.2) is 6.67 Å². The number of carbonyl (C=O) groups excluding carboxylic acids is 2. The smallest absolute Gasteiger partial charge is 0.303 e. The molecule has 1 N–H and O–H groups in total. The summed E-state index contributed by atoms with van der Waals surface area (Å²) in [7, 11) is -3.76. The molecule has 148 valence electrons. The Labute approximate surface area is 168 Å². The average Bonchev–Trinajstić information content (AvgIpc) is 2.99. The molecule has 2 aliphatic heterocycles. The van der Waals surface area contributed by atoms with Crippen LogP contribution < -0.4 is 9.80 Å². The second-order valence-corrected chi connectivity index (χ2v) is 8.91. The average molecular weight is 411 g/mol. The molecule has 2 aromatic rings. The topological polar surface area (TPSA) is 103 Å². The zero-order valence-electron chi connectivity index (χ0n) is 15.5. The first-order chi connectivity index (χ1) is 13.9. The minimum absolute atomic E-state index is 0.0141. The lowest BCUT2D eigenvalue weighted by molar-refractivity contribution is -0.902. The molecule has 0 spiro atoms. The molecule has 2 aliphatic rings. The lowest BCUT2D eigenvalue weighted by Gasteiger charge is -2.33. The Morgan fingerprint density at radius 1 is 1.00 bits per heavy atom. The summed E-state index contributed by atoms with van der Waals surface area (Å²) in [6.07, 6.45) is 0. The van der Waals surface area contributed by atoms with Gasteiger partial charge in [0.1, 0.15) is 6.07 Å². The highest BCUT2D eigenvalue weighted by Crippen LogP contribution is 2.27. The second-order valence-electron chi connectivity index (χ2n) is 7.00. The molecular weight excluding hydrogens is 392 g/mol. The zero-order valence-corrected chi connectivity index (χ0v) is 16.4. The molecule has 0 radical (unpaired) electrons. The normalized spacial score (nSPS) is 18.0. The van der Waals surface area contributed by atoms with Crippen molar-refractivity contribution in [1.82, 2.24) is 4.31 Å². The van der Waals surface area contributed by atoms with E-state index >= 15 is 0 Å². The van der Waals surface area contributed by atoms with Gasteiger partial charge in [-0.1, -0.05) is 24.3 Å². The van der Waals surface area contributed by atoms with E-state index in [1.54, 1.807) is 36.4 Å². The van der Waals surface area contributed by atoms with Crippen LogP contribution in [0.2, 0.25) is 0 Å². The number of rotatable bonds is 4. The van der Waals surface area contributed by atoms with Gasteiger partial charge in [0.25, 0.3) is 5.78 Å². The minimum Gasteiger partial charge on any atom is -0.315 e. The number of amides is 1. The van der Waals surface area contributed by atoms with Crippen LogP contribution in [-0.4, -0.2) is 57.3 Å². The molecule has 0 saturated carbocycles. The number of Topliss-reactive ketones (excluding diaryl/α,β-unsaturated/α-hetero) is 1. The number of quaternary nitrogens is 1. The molecule has 1 fully saturated rings. The molecule has 9 heteroatoms. The number of para-hydroxylation sites is 1. The summed E-state index contributed by atoms with van der Waals surface area (Å²) in [6, 6.07) is 15.0. The fraction of sp³-hybridized carbons (Fsp3) is 0.250. The van der Waals surface area contributed by atoms with Crippen molar-refractivity contribution in [1.29, 1.82) is 5.26 Å². The van der Waals surface area contributed by atoms with Crippen LogP contribution in [0.25, 0.3) is 0 Å².